The Morgan fingerprint density at radius 3 is 2.54 bits per heavy atom. The highest BCUT2D eigenvalue weighted by atomic mass is 16.2. The molecule has 148 valence electrons. The van der Waals surface area contributed by atoms with Crippen LogP contribution in [-0.2, 0) is 6.42 Å². The molecule has 0 spiro atoms. The first-order chi connectivity index (χ1) is 13.7. The second kappa shape index (κ2) is 8.69. The zero-order valence-electron chi connectivity index (χ0n) is 16.6. The van der Waals surface area contributed by atoms with E-state index in [-0.39, 0.29) is 5.91 Å². The van der Waals surface area contributed by atoms with Crippen LogP contribution in [0.5, 0.6) is 0 Å². The molecule has 0 N–H and O–H groups in total. The van der Waals surface area contributed by atoms with Gasteiger partial charge in [0.2, 0.25) is 0 Å². The third-order valence-electron chi connectivity index (χ3n) is 5.82. The molecule has 2 aliphatic heterocycles. The number of aryl methyl sites for hydroxylation is 1. The first-order valence-electron chi connectivity index (χ1n) is 10.4. The summed E-state index contributed by atoms with van der Waals surface area (Å²) >= 11 is 0. The average Bonchev–Trinajstić information content (AvgIpc) is 2.72. The number of pyridine rings is 2. The van der Waals surface area contributed by atoms with Gasteiger partial charge in [-0.2, -0.15) is 0 Å². The number of hydrogen-bond donors (Lipinski definition) is 0. The van der Waals surface area contributed by atoms with E-state index in [1.54, 1.807) is 0 Å². The summed E-state index contributed by atoms with van der Waals surface area (Å²) in [6.07, 6.45) is 7.08. The Kier molecular flexibility index (Phi) is 5.86. The van der Waals surface area contributed by atoms with Crippen molar-refractivity contribution in [1.82, 2.24) is 19.8 Å². The van der Waals surface area contributed by atoms with Gasteiger partial charge in [0.05, 0.1) is 0 Å². The Bertz CT molecular complexity index is 765. The molecule has 28 heavy (non-hydrogen) atoms. The smallest absolute Gasteiger partial charge is 0.272 e. The van der Waals surface area contributed by atoms with Gasteiger partial charge in [0.15, 0.2) is 0 Å². The minimum Gasteiger partial charge on any atom is -0.354 e. The van der Waals surface area contributed by atoms with Crippen LogP contribution in [0.1, 0.15) is 35.8 Å². The quantitative estimate of drug-likeness (QED) is 0.772. The maximum absolute atomic E-state index is 12.6. The fraction of sp³-hybridized carbons (Fsp3) is 0.500. The van der Waals surface area contributed by atoms with E-state index in [9.17, 15) is 4.79 Å². The molecule has 2 aromatic rings. The predicted octanol–water partition coefficient (Wildman–Crippen LogP) is 2.47. The van der Waals surface area contributed by atoms with Crippen molar-refractivity contribution in [2.24, 2.45) is 0 Å². The standard InChI is InChI=1S/C22H29N5O/c1-2-3-6-18-8-9-20(24-15-18)22(28)27-16-19(17-27)25-11-13-26(14-12-25)21-7-4-5-10-23-21/h4-5,7-10,15,19H,2-3,6,11-14,16-17H2,1H3. The van der Waals surface area contributed by atoms with Crippen LogP contribution in [0, 0.1) is 0 Å². The summed E-state index contributed by atoms with van der Waals surface area (Å²) in [7, 11) is 0. The van der Waals surface area contributed by atoms with Crippen LogP contribution in [0.25, 0.3) is 0 Å². The minimum atomic E-state index is 0.0606. The van der Waals surface area contributed by atoms with E-state index in [1.807, 2.05) is 41.6 Å². The van der Waals surface area contributed by atoms with Gasteiger partial charge in [-0.05, 0) is 36.6 Å². The van der Waals surface area contributed by atoms with Gasteiger partial charge < -0.3 is 9.80 Å². The van der Waals surface area contributed by atoms with E-state index in [1.165, 1.54) is 12.0 Å². The second-order valence-corrected chi connectivity index (χ2v) is 7.73. The van der Waals surface area contributed by atoms with Gasteiger partial charge in [-0.25, -0.2) is 4.98 Å². The van der Waals surface area contributed by atoms with E-state index >= 15 is 0 Å². The highest BCUT2D eigenvalue weighted by Gasteiger charge is 2.36. The van der Waals surface area contributed by atoms with Gasteiger partial charge in [-0.3, -0.25) is 14.7 Å². The normalized spacial score (nSPS) is 18.2. The molecule has 4 rings (SSSR count). The molecule has 0 unspecified atom stereocenters. The van der Waals surface area contributed by atoms with E-state index in [2.05, 4.69) is 32.8 Å². The Labute approximate surface area is 167 Å². The SMILES string of the molecule is CCCCc1ccc(C(=O)N2CC(N3CCN(c4ccccn4)CC3)C2)nc1. The van der Waals surface area contributed by atoms with Crippen molar-refractivity contribution in [3.63, 3.8) is 0 Å². The van der Waals surface area contributed by atoms with Gasteiger partial charge >= 0.3 is 0 Å². The Morgan fingerprint density at radius 1 is 1.07 bits per heavy atom. The Morgan fingerprint density at radius 2 is 1.89 bits per heavy atom. The van der Waals surface area contributed by atoms with Gasteiger partial charge in [-0.15, -0.1) is 0 Å². The van der Waals surface area contributed by atoms with Crippen molar-refractivity contribution in [3.8, 4) is 0 Å². The molecule has 0 saturated carbocycles. The van der Waals surface area contributed by atoms with Crippen LogP contribution in [0.3, 0.4) is 0 Å². The summed E-state index contributed by atoms with van der Waals surface area (Å²) < 4.78 is 0. The number of likely N-dealkylation sites (tertiary alicyclic amines) is 1. The Hall–Kier alpha value is -2.47. The first-order valence-corrected chi connectivity index (χ1v) is 10.4. The molecular formula is C22H29N5O. The molecular weight excluding hydrogens is 350 g/mol. The number of anilines is 1. The maximum atomic E-state index is 12.6. The predicted molar refractivity (Wildman–Crippen MR) is 111 cm³/mol. The third-order valence-corrected chi connectivity index (χ3v) is 5.82. The number of carbonyl (C=O) groups excluding carboxylic acids is 1. The van der Waals surface area contributed by atoms with Crippen LogP contribution >= 0.6 is 0 Å². The molecule has 0 aromatic carbocycles. The van der Waals surface area contributed by atoms with E-state index in [4.69, 9.17) is 0 Å². The lowest BCUT2D eigenvalue weighted by molar-refractivity contribution is 0.0242. The summed E-state index contributed by atoms with van der Waals surface area (Å²) in [6, 6.07) is 10.5. The van der Waals surface area contributed by atoms with Crippen molar-refractivity contribution in [2.45, 2.75) is 32.2 Å². The number of hydrogen-bond acceptors (Lipinski definition) is 5. The highest BCUT2D eigenvalue weighted by Crippen LogP contribution is 2.21. The van der Waals surface area contributed by atoms with Gasteiger partial charge in [0.25, 0.3) is 5.91 Å². The molecule has 0 bridgehead atoms. The van der Waals surface area contributed by atoms with Crippen molar-refractivity contribution in [2.75, 3.05) is 44.2 Å². The summed E-state index contributed by atoms with van der Waals surface area (Å²) in [5.41, 5.74) is 1.78. The monoisotopic (exact) mass is 379 g/mol. The molecule has 4 heterocycles. The number of amides is 1. The largest absolute Gasteiger partial charge is 0.354 e. The summed E-state index contributed by atoms with van der Waals surface area (Å²) in [5, 5.41) is 0. The van der Waals surface area contributed by atoms with Crippen LogP contribution in [0.15, 0.2) is 42.7 Å². The molecule has 2 fully saturated rings. The molecule has 1 amide bonds. The highest BCUT2D eigenvalue weighted by molar-refractivity contribution is 5.92. The third kappa shape index (κ3) is 4.17. The molecule has 0 aliphatic carbocycles. The zero-order chi connectivity index (χ0) is 19.3. The second-order valence-electron chi connectivity index (χ2n) is 7.73. The number of carbonyl (C=O) groups is 1. The number of rotatable bonds is 6. The van der Waals surface area contributed by atoms with Crippen molar-refractivity contribution < 1.29 is 4.79 Å². The van der Waals surface area contributed by atoms with E-state index in [0.717, 1.165) is 57.9 Å². The molecule has 6 heteroatoms. The lowest BCUT2D eigenvalue weighted by Crippen LogP contribution is -2.64. The fourth-order valence-corrected chi connectivity index (χ4v) is 3.95. The summed E-state index contributed by atoms with van der Waals surface area (Å²) in [6.45, 7) is 7.82. The molecule has 2 aromatic heterocycles. The molecule has 6 nitrogen and oxygen atoms in total. The zero-order valence-corrected chi connectivity index (χ0v) is 16.6. The topological polar surface area (TPSA) is 52.6 Å². The molecule has 0 radical (unpaired) electrons. The average molecular weight is 380 g/mol. The maximum Gasteiger partial charge on any atom is 0.272 e. The summed E-state index contributed by atoms with van der Waals surface area (Å²) in [4.78, 5) is 28.2. The van der Waals surface area contributed by atoms with Crippen molar-refractivity contribution in [1.29, 1.82) is 0 Å². The number of piperazine rings is 1. The van der Waals surface area contributed by atoms with E-state index in [0.29, 0.717) is 11.7 Å². The van der Waals surface area contributed by atoms with Crippen LogP contribution in [-0.4, -0.2) is 71.0 Å². The number of nitrogens with zero attached hydrogens (tertiary/aromatic N) is 5. The lowest BCUT2D eigenvalue weighted by atomic mass is 10.0. The van der Waals surface area contributed by atoms with Gasteiger partial charge in [0, 0.05) is 57.7 Å². The van der Waals surface area contributed by atoms with Crippen LogP contribution in [0.2, 0.25) is 0 Å². The van der Waals surface area contributed by atoms with Crippen molar-refractivity contribution in [3.05, 3.63) is 54.0 Å². The number of unbranched alkanes of at least 4 members (excludes halogenated alkanes) is 1. The Balaban J connectivity index is 1.24. The van der Waals surface area contributed by atoms with Crippen molar-refractivity contribution >= 4 is 11.7 Å². The van der Waals surface area contributed by atoms with Gasteiger partial charge in [-0.1, -0.05) is 25.5 Å². The lowest BCUT2D eigenvalue weighted by Gasteiger charge is -2.48. The molecule has 0 atom stereocenters. The number of aromatic nitrogens is 2. The summed E-state index contributed by atoms with van der Waals surface area (Å²) in [5.74, 6) is 1.12. The fourth-order valence-electron chi connectivity index (χ4n) is 3.95. The van der Waals surface area contributed by atoms with Crippen LogP contribution < -0.4 is 4.90 Å². The minimum absolute atomic E-state index is 0.0606. The first kappa shape index (κ1) is 18.9. The van der Waals surface area contributed by atoms with E-state index < -0.39 is 0 Å². The molecule has 2 aliphatic rings. The van der Waals surface area contributed by atoms with Crippen LogP contribution in [0.4, 0.5) is 5.82 Å². The molecule has 2 saturated heterocycles. The van der Waals surface area contributed by atoms with Gasteiger partial charge in [0.1, 0.15) is 11.5 Å².